The van der Waals surface area contributed by atoms with Crippen LogP contribution in [0.15, 0.2) is 23.4 Å². The first-order valence-electron chi connectivity index (χ1n) is 4.37. The molecule has 1 heterocycles. The van der Waals surface area contributed by atoms with Crippen LogP contribution in [0.4, 0.5) is 0 Å². The highest BCUT2D eigenvalue weighted by atomic mass is 16.5. The highest BCUT2D eigenvalue weighted by Crippen LogP contribution is 2.12. The van der Waals surface area contributed by atoms with E-state index in [4.69, 9.17) is 10.3 Å². The van der Waals surface area contributed by atoms with Crippen molar-refractivity contribution in [1.29, 1.82) is 0 Å². The van der Waals surface area contributed by atoms with Gasteiger partial charge in [0.05, 0.1) is 7.11 Å². The largest absolute Gasteiger partial charge is 0.494 e. The summed E-state index contributed by atoms with van der Waals surface area (Å²) in [5, 5.41) is 3.37. The third-order valence-corrected chi connectivity index (χ3v) is 1.60. The van der Waals surface area contributed by atoms with E-state index in [-0.39, 0.29) is 0 Å². The molecule has 0 N–H and O–H groups in total. The summed E-state index contributed by atoms with van der Waals surface area (Å²) in [4.78, 5) is 6.70. The Morgan fingerprint density at radius 2 is 2.53 bits per heavy atom. The van der Waals surface area contributed by atoms with E-state index in [1.165, 1.54) is 0 Å². The first-order chi connectivity index (χ1) is 7.38. The first-order valence-corrected chi connectivity index (χ1v) is 4.37. The molecule has 0 saturated carbocycles. The molecule has 0 aliphatic carbocycles. The van der Waals surface area contributed by atoms with Gasteiger partial charge in [-0.25, -0.2) is 4.98 Å². The monoisotopic (exact) mass is 202 g/mol. The summed E-state index contributed by atoms with van der Waals surface area (Å²) in [6.07, 6.45) is 2.17. The van der Waals surface area contributed by atoms with E-state index in [9.17, 15) is 0 Å². The van der Waals surface area contributed by atoms with E-state index >= 15 is 0 Å². The highest BCUT2D eigenvalue weighted by Gasteiger charge is 1.97. The van der Waals surface area contributed by atoms with Crippen LogP contribution in [0.2, 0.25) is 0 Å². The van der Waals surface area contributed by atoms with Crippen LogP contribution in [0.3, 0.4) is 0 Å². The molecule has 1 aromatic heterocycles. The number of ether oxygens (including phenoxy) is 1. The molecule has 1 aromatic rings. The molecule has 0 atom stereocenters. The van der Waals surface area contributed by atoms with E-state index in [1.807, 2.05) is 0 Å². The summed E-state index contributed by atoms with van der Waals surface area (Å²) in [5.74, 6) is 6.35. The second-order valence-corrected chi connectivity index (χ2v) is 2.56. The smallest absolute Gasteiger partial charge is 0.155 e. The van der Waals surface area contributed by atoms with Crippen molar-refractivity contribution in [2.24, 2.45) is 5.11 Å². The van der Waals surface area contributed by atoms with Crippen LogP contribution >= 0.6 is 0 Å². The minimum Gasteiger partial charge on any atom is -0.494 e. The van der Waals surface area contributed by atoms with Crippen molar-refractivity contribution in [1.82, 2.24) is 4.98 Å². The Hall–Kier alpha value is -2.18. The molecule has 0 spiro atoms. The zero-order chi connectivity index (χ0) is 10.9. The Kier molecular flexibility index (Phi) is 4.58. The number of aromatic nitrogens is 1. The molecule has 0 unspecified atom stereocenters. The quantitative estimate of drug-likeness (QED) is 0.247. The van der Waals surface area contributed by atoms with Crippen LogP contribution in [-0.4, -0.2) is 18.6 Å². The molecule has 0 fully saturated rings. The average molecular weight is 202 g/mol. The van der Waals surface area contributed by atoms with Crippen molar-refractivity contribution in [2.45, 2.75) is 6.42 Å². The molecule has 1 rings (SSSR count). The number of azide groups is 1. The zero-order valence-corrected chi connectivity index (χ0v) is 8.34. The predicted molar refractivity (Wildman–Crippen MR) is 56.3 cm³/mol. The van der Waals surface area contributed by atoms with Crippen molar-refractivity contribution >= 4 is 0 Å². The molecule has 0 radical (unpaired) electrons. The normalized spacial score (nSPS) is 8.33. The van der Waals surface area contributed by atoms with Gasteiger partial charge in [-0.15, -0.1) is 0 Å². The third kappa shape index (κ3) is 3.59. The van der Waals surface area contributed by atoms with Gasteiger partial charge in [-0.2, -0.15) is 0 Å². The molecule has 0 aromatic carbocycles. The van der Waals surface area contributed by atoms with Gasteiger partial charge in [-0.3, -0.25) is 0 Å². The number of hydrogen-bond donors (Lipinski definition) is 0. The second kappa shape index (κ2) is 6.30. The number of pyridine rings is 1. The van der Waals surface area contributed by atoms with Gasteiger partial charge in [-0.1, -0.05) is 11.0 Å². The lowest BCUT2D eigenvalue weighted by atomic mass is 10.3. The van der Waals surface area contributed by atoms with Gasteiger partial charge >= 0.3 is 0 Å². The van der Waals surface area contributed by atoms with Crippen LogP contribution in [0.5, 0.6) is 5.75 Å². The summed E-state index contributed by atoms with van der Waals surface area (Å²) >= 11 is 0. The molecule has 5 heteroatoms. The van der Waals surface area contributed by atoms with Crippen molar-refractivity contribution < 1.29 is 4.74 Å². The van der Waals surface area contributed by atoms with Crippen LogP contribution in [0.1, 0.15) is 12.1 Å². The third-order valence-electron chi connectivity index (χ3n) is 1.60. The lowest BCUT2D eigenvalue weighted by Gasteiger charge is -1.99. The Morgan fingerprint density at radius 1 is 1.67 bits per heavy atom. The molecule has 0 aliphatic heterocycles. The summed E-state index contributed by atoms with van der Waals surface area (Å²) in [6.45, 7) is 0.374. The summed E-state index contributed by atoms with van der Waals surface area (Å²) in [7, 11) is 1.57. The van der Waals surface area contributed by atoms with Crippen molar-refractivity contribution in [3.63, 3.8) is 0 Å². The second-order valence-electron chi connectivity index (χ2n) is 2.56. The van der Waals surface area contributed by atoms with Crippen LogP contribution in [-0.2, 0) is 0 Å². The molecule has 0 amide bonds. The minimum absolute atomic E-state index is 0.374. The number of rotatable bonds is 3. The van der Waals surface area contributed by atoms with Gasteiger partial charge in [0.25, 0.3) is 0 Å². The maximum Gasteiger partial charge on any atom is 0.155 e. The minimum atomic E-state index is 0.374. The number of methoxy groups -OCH3 is 1. The van der Waals surface area contributed by atoms with E-state index in [0.717, 1.165) is 0 Å². The molecule has 0 aliphatic rings. The molecule has 0 saturated heterocycles. The van der Waals surface area contributed by atoms with E-state index in [2.05, 4.69) is 26.9 Å². The van der Waals surface area contributed by atoms with Gasteiger partial charge in [0.15, 0.2) is 11.4 Å². The average Bonchev–Trinajstić information content (AvgIpc) is 2.29. The van der Waals surface area contributed by atoms with Gasteiger partial charge in [-0.05, 0) is 23.6 Å². The molecule has 15 heavy (non-hydrogen) atoms. The van der Waals surface area contributed by atoms with E-state index < -0.39 is 0 Å². The SMILES string of the molecule is COc1cccnc1C#CCCN=[N+]=[N-]. The maximum absolute atomic E-state index is 8.04. The lowest BCUT2D eigenvalue weighted by Crippen LogP contribution is -1.90. The Labute approximate surface area is 87.7 Å². The van der Waals surface area contributed by atoms with Crippen LogP contribution in [0.25, 0.3) is 10.4 Å². The fraction of sp³-hybridized carbons (Fsp3) is 0.300. The Balaban J connectivity index is 2.66. The number of hydrogen-bond acceptors (Lipinski definition) is 3. The molecule has 5 nitrogen and oxygen atoms in total. The van der Waals surface area contributed by atoms with Crippen LogP contribution < -0.4 is 4.74 Å². The fourth-order valence-electron chi connectivity index (χ4n) is 0.946. The summed E-state index contributed by atoms with van der Waals surface area (Å²) in [6, 6.07) is 3.58. The maximum atomic E-state index is 8.04. The van der Waals surface area contributed by atoms with Crippen LogP contribution in [0, 0.1) is 11.8 Å². The van der Waals surface area contributed by atoms with E-state index in [0.29, 0.717) is 24.4 Å². The van der Waals surface area contributed by atoms with Gasteiger partial charge in [0.1, 0.15) is 0 Å². The molecular formula is C10H10N4O. The molecular weight excluding hydrogens is 192 g/mol. The number of nitrogens with zero attached hydrogens (tertiary/aromatic N) is 4. The summed E-state index contributed by atoms with van der Waals surface area (Å²) < 4.78 is 5.08. The van der Waals surface area contributed by atoms with E-state index in [1.54, 1.807) is 25.4 Å². The zero-order valence-electron chi connectivity index (χ0n) is 8.34. The lowest BCUT2D eigenvalue weighted by molar-refractivity contribution is 0.411. The van der Waals surface area contributed by atoms with Gasteiger partial charge in [0.2, 0.25) is 0 Å². The Morgan fingerprint density at radius 3 is 3.27 bits per heavy atom. The topological polar surface area (TPSA) is 70.9 Å². The van der Waals surface area contributed by atoms with Crippen molar-refractivity contribution in [3.05, 3.63) is 34.5 Å². The fourth-order valence-corrected chi connectivity index (χ4v) is 0.946. The first kappa shape index (κ1) is 10.9. The molecule has 0 bridgehead atoms. The van der Waals surface area contributed by atoms with Gasteiger partial charge < -0.3 is 4.74 Å². The van der Waals surface area contributed by atoms with Gasteiger partial charge in [0, 0.05) is 24.1 Å². The highest BCUT2D eigenvalue weighted by molar-refractivity contribution is 5.40. The Bertz CT molecular complexity index is 427. The standard InChI is InChI=1S/C10H10N4O/c1-15-10-6-4-7-12-9(10)5-2-3-8-13-14-11/h4,6-7H,3,8H2,1H3. The van der Waals surface area contributed by atoms with Crippen molar-refractivity contribution in [2.75, 3.05) is 13.7 Å². The van der Waals surface area contributed by atoms with Crippen molar-refractivity contribution in [3.8, 4) is 17.6 Å². The predicted octanol–water partition coefficient (Wildman–Crippen LogP) is 2.14. The summed E-state index contributed by atoms with van der Waals surface area (Å²) in [5.41, 5.74) is 8.64. The molecule has 76 valence electrons.